The van der Waals surface area contributed by atoms with Gasteiger partial charge < -0.3 is 4.57 Å². The van der Waals surface area contributed by atoms with Gasteiger partial charge in [0.2, 0.25) is 0 Å². The second-order valence-electron chi connectivity index (χ2n) is 6.65. The van der Waals surface area contributed by atoms with E-state index < -0.39 is 0 Å². The highest BCUT2D eigenvalue weighted by molar-refractivity contribution is 9.10. The highest BCUT2D eigenvalue weighted by Crippen LogP contribution is 2.35. The molecule has 3 aromatic rings. The Labute approximate surface area is 176 Å². The molecule has 1 saturated heterocycles. The molecule has 0 bridgehead atoms. The van der Waals surface area contributed by atoms with Crippen LogP contribution in [0.3, 0.4) is 0 Å². The molecule has 0 radical (unpaired) electrons. The van der Waals surface area contributed by atoms with E-state index in [0.29, 0.717) is 11.4 Å². The van der Waals surface area contributed by atoms with Gasteiger partial charge >= 0.3 is 0 Å². The van der Waals surface area contributed by atoms with E-state index in [2.05, 4.69) is 51.7 Å². The quantitative estimate of drug-likeness (QED) is 0.466. The lowest BCUT2D eigenvalue weighted by Gasteiger charge is -2.09. The number of hydrogen-bond acceptors (Lipinski definition) is 3. The maximum Gasteiger partial charge on any atom is 0.293 e. The highest BCUT2D eigenvalue weighted by atomic mass is 79.9. The van der Waals surface area contributed by atoms with Crippen LogP contribution in [-0.4, -0.2) is 27.2 Å². The number of aromatic nitrogens is 1. The van der Waals surface area contributed by atoms with Crippen molar-refractivity contribution in [3.63, 3.8) is 0 Å². The van der Waals surface area contributed by atoms with Gasteiger partial charge in [-0.3, -0.25) is 14.5 Å². The van der Waals surface area contributed by atoms with Crippen LogP contribution in [-0.2, 0) is 11.3 Å². The number of carbonyl (C=O) groups excluding carboxylic acids is 2. The third kappa shape index (κ3) is 3.31. The standard InChI is InChI=1S/C22H19BrN2O2S/c1-3-24-21(26)20(28-22(24)27)12-18-14(2)25(19-7-5-4-6-17(18)19)13-15-8-10-16(23)11-9-15/h4-12H,3,13H2,1-2H3/b20-12+. The van der Waals surface area contributed by atoms with Gasteiger partial charge in [-0.05, 0) is 55.4 Å². The zero-order valence-corrected chi connectivity index (χ0v) is 18.0. The van der Waals surface area contributed by atoms with Crippen LogP contribution in [0.4, 0.5) is 4.79 Å². The predicted molar refractivity (Wildman–Crippen MR) is 118 cm³/mol. The minimum Gasteiger partial charge on any atom is -0.340 e. The molecule has 6 heteroatoms. The van der Waals surface area contributed by atoms with Gasteiger partial charge in [0.05, 0.1) is 4.91 Å². The number of likely N-dealkylation sites (N-methyl/N-ethyl adjacent to an activating group) is 1. The molecule has 28 heavy (non-hydrogen) atoms. The summed E-state index contributed by atoms with van der Waals surface area (Å²) in [6.07, 6.45) is 1.87. The number of imide groups is 1. The number of amides is 2. The van der Waals surface area contributed by atoms with Crippen molar-refractivity contribution in [1.29, 1.82) is 0 Å². The Morgan fingerprint density at radius 2 is 1.79 bits per heavy atom. The van der Waals surface area contributed by atoms with Crippen LogP contribution in [0.1, 0.15) is 23.7 Å². The first kappa shape index (κ1) is 19.0. The van der Waals surface area contributed by atoms with Crippen LogP contribution in [0.5, 0.6) is 0 Å². The van der Waals surface area contributed by atoms with Gasteiger partial charge in [0, 0.05) is 39.7 Å². The minimum atomic E-state index is -0.207. The Hall–Kier alpha value is -2.31. The van der Waals surface area contributed by atoms with Gasteiger partial charge in [0.15, 0.2) is 0 Å². The van der Waals surface area contributed by atoms with Crippen molar-refractivity contribution in [2.45, 2.75) is 20.4 Å². The number of hydrogen-bond donors (Lipinski definition) is 0. The minimum absolute atomic E-state index is 0.199. The van der Waals surface area contributed by atoms with Crippen molar-refractivity contribution < 1.29 is 9.59 Å². The van der Waals surface area contributed by atoms with Crippen molar-refractivity contribution >= 4 is 55.8 Å². The number of para-hydroxylation sites is 1. The molecule has 4 rings (SSSR count). The monoisotopic (exact) mass is 454 g/mol. The Bertz CT molecular complexity index is 1120. The van der Waals surface area contributed by atoms with Gasteiger partial charge in [-0.15, -0.1) is 0 Å². The molecule has 0 spiro atoms. The summed E-state index contributed by atoms with van der Waals surface area (Å²) in [6.45, 7) is 5.01. The molecular weight excluding hydrogens is 436 g/mol. The Morgan fingerprint density at radius 1 is 1.07 bits per heavy atom. The van der Waals surface area contributed by atoms with Crippen LogP contribution in [0, 0.1) is 6.92 Å². The highest BCUT2D eigenvalue weighted by Gasteiger charge is 2.34. The van der Waals surface area contributed by atoms with E-state index in [1.807, 2.05) is 37.3 Å². The molecule has 1 aliphatic heterocycles. The number of thioether (sulfide) groups is 1. The summed E-state index contributed by atoms with van der Waals surface area (Å²) in [5.74, 6) is -0.207. The van der Waals surface area contributed by atoms with Gasteiger partial charge in [-0.25, -0.2) is 0 Å². The van der Waals surface area contributed by atoms with E-state index in [4.69, 9.17) is 0 Å². The third-order valence-corrected chi connectivity index (χ3v) is 6.43. The van der Waals surface area contributed by atoms with E-state index in [-0.39, 0.29) is 11.1 Å². The lowest BCUT2D eigenvalue weighted by molar-refractivity contribution is -0.122. The average Bonchev–Trinajstić information content (AvgIpc) is 3.11. The number of benzene rings is 2. The summed E-state index contributed by atoms with van der Waals surface area (Å²) in [5.41, 5.74) is 4.38. The summed E-state index contributed by atoms with van der Waals surface area (Å²) < 4.78 is 3.31. The molecule has 0 N–H and O–H groups in total. The van der Waals surface area contributed by atoms with E-state index in [9.17, 15) is 9.59 Å². The maximum absolute atomic E-state index is 12.5. The van der Waals surface area contributed by atoms with E-state index >= 15 is 0 Å². The largest absolute Gasteiger partial charge is 0.340 e. The second kappa shape index (κ2) is 7.60. The fraction of sp³-hybridized carbons (Fsp3) is 0.182. The molecule has 1 aliphatic rings. The molecule has 2 heterocycles. The van der Waals surface area contributed by atoms with E-state index in [1.54, 1.807) is 0 Å². The van der Waals surface area contributed by atoms with E-state index in [1.165, 1.54) is 10.5 Å². The number of carbonyl (C=O) groups is 2. The molecule has 0 saturated carbocycles. The maximum atomic E-state index is 12.5. The van der Waals surface area contributed by atoms with Gasteiger partial charge in [-0.1, -0.05) is 46.3 Å². The first-order chi connectivity index (χ1) is 13.5. The molecule has 4 nitrogen and oxygen atoms in total. The fourth-order valence-electron chi connectivity index (χ4n) is 3.52. The molecular formula is C22H19BrN2O2S. The molecule has 1 aromatic heterocycles. The molecule has 2 amide bonds. The average molecular weight is 455 g/mol. The Morgan fingerprint density at radius 3 is 2.46 bits per heavy atom. The summed E-state index contributed by atoms with van der Waals surface area (Å²) in [7, 11) is 0. The molecule has 2 aromatic carbocycles. The molecule has 142 valence electrons. The van der Waals surface area contributed by atoms with Crippen LogP contribution in [0.15, 0.2) is 57.9 Å². The number of rotatable bonds is 4. The van der Waals surface area contributed by atoms with Gasteiger partial charge in [0.25, 0.3) is 11.1 Å². The Balaban J connectivity index is 1.81. The predicted octanol–water partition coefficient (Wildman–Crippen LogP) is 5.82. The molecule has 0 atom stereocenters. The first-order valence-electron chi connectivity index (χ1n) is 9.07. The van der Waals surface area contributed by atoms with Crippen molar-refractivity contribution in [2.75, 3.05) is 6.54 Å². The second-order valence-corrected chi connectivity index (χ2v) is 8.56. The van der Waals surface area contributed by atoms with Crippen LogP contribution in [0.2, 0.25) is 0 Å². The number of halogens is 1. The normalized spacial score (nSPS) is 16.0. The topological polar surface area (TPSA) is 42.3 Å². The molecule has 0 aliphatic carbocycles. The number of nitrogens with zero attached hydrogens (tertiary/aromatic N) is 2. The van der Waals surface area contributed by atoms with Crippen LogP contribution >= 0.6 is 27.7 Å². The number of fused-ring (bicyclic) bond motifs is 1. The van der Waals surface area contributed by atoms with Crippen molar-refractivity contribution in [1.82, 2.24) is 9.47 Å². The van der Waals surface area contributed by atoms with Crippen LogP contribution < -0.4 is 0 Å². The van der Waals surface area contributed by atoms with E-state index in [0.717, 1.165) is 44.9 Å². The van der Waals surface area contributed by atoms with Gasteiger partial charge in [-0.2, -0.15) is 0 Å². The smallest absolute Gasteiger partial charge is 0.293 e. The molecule has 0 unspecified atom stereocenters. The fourth-order valence-corrected chi connectivity index (χ4v) is 4.67. The lowest BCUT2D eigenvalue weighted by atomic mass is 10.1. The van der Waals surface area contributed by atoms with Crippen molar-refractivity contribution in [3.8, 4) is 0 Å². The zero-order chi connectivity index (χ0) is 19.8. The van der Waals surface area contributed by atoms with Crippen molar-refractivity contribution in [3.05, 3.63) is 74.7 Å². The summed E-state index contributed by atoms with van der Waals surface area (Å²) >= 11 is 4.50. The van der Waals surface area contributed by atoms with Gasteiger partial charge in [0.1, 0.15) is 0 Å². The Kier molecular flexibility index (Phi) is 5.17. The third-order valence-electron chi connectivity index (χ3n) is 5.00. The van der Waals surface area contributed by atoms with Crippen molar-refractivity contribution in [2.24, 2.45) is 0 Å². The summed E-state index contributed by atoms with van der Waals surface area (Å²) in [5, 5.41) is 0.885. The lowest BCUT2D eigenvalue weighted by Crippen LogP contribution is -2.27. The SMILES string of the molecule is CCN1C(=O)S/C(=C/c2c(C)n(Cc3ccc(Br)cc3)c3ccccc23)C1=O. The first-order valence-corrected chi connectivity index (χ1v) is 10.7. The summed E-state index contributed by atoms with van der Waals surface area (Å²) in [4.78, 5) is 26.4. The molecule has 1 fully saturated rings. The summed E-state index contributed by atoms with van der Waals surface area (Å²) in [6, 6.07) is 16.5. The van der Waals surface area contributed by atoms with Crippen LogP contribution in [0.25, 0.3) is 17.0 Å². The zero-order valence-electron chi connectivity index (χ0n) is 15.6.